The van der Waals surface area contributed by atoms with Gasteiger partial charge in [-0.05, 0) is 25.7 Å². The fourth-order valence-corrected chi connectivity index (χ4v) is 3.19. The predicted molar refractivity (Wildman–Crippen MR) is 102 cm³/mol. The first kappa shape index (κ1) is 21.8. The highest BCUT2D eigenvalue weighted by Gasteiger charge is 2.15. The van der Waals surface area contributed by atoms with Crippen molar-refractivity contribution in [1.29, 1.82) is 0 Å². The van der Waals surface area contributed by atoms with Gasteiger partial charge in [0.1, 0.15) is 0 Å². The van der Waals surface area contributed by atoms with E-state index in [0.717, 1.165) is 51.6 Å². The zero-order valence-corrected chi connectivity index (χ0v) is 16.2. The van der Waals surface area contributed by atoms with Crippen LogP contribution in [0, 0.1) is 0 Å². The van der Waals surface area contributed by atoms with Gasteiger partial charge < -0.3 is 15.0 Å². The molecule has 25 heavy (non-hydrogen) atoms. The molecule has 1 saturated heterocycles. The van der Waals surface area contributed by atoms with Crippen LogP contribution in [0.1, 0.15) is 90.4 Å². The minimum atomic E-state index is -0.329. The number of likely N-dealkylation sites (tertiary alicyclic amines) is 1. The van der Waals surface area contributed by atoms with Crippen molar-refractivity contribution < 1.29 is 14.3 Å². The van der Waals surface area contributed by atoms with Crippen LogP contribution in [0.15, 0.2) is 0 Å². The molecule has 1 N–H and O–H groups in total. The van der Waals surface area contributed by atoms with Crippen molar-refractivity contribution in [2.45, 2.75) is 90.4 Å². The average molecular weight is 355 g/mol. The standard InChI is InChI=1S/C20H38N2O3/c1-2-3-4-5-6-7-8-12-18-25-20(24)21-15-13-17-22-16-11-9-10-14-19(22)23/h2-18H2,1H3,(H,21,24). The zero-order chi connectivity index (χ0) is 18.2. The van der Waals surface area contributed by atoms with E-state index in [9.17, 15) is 9.59 Å². The average Bonchev–Trinajstić information content (AvgIpc) is 2.81. The molecule has 1 aliphatic rings. The predicted octanol–water partition coefficient (Wildman–Crippen LogP) is 4.65. The molecule has 1 aliphatic heterocycles. The summed E-state index contributed by atoms with van der Waals surface area (Å²) in [6.45, 7) is 4.90. The van der Waals surface area contributed by atoms with Crippen molar-refractivity contribution in [2.24, 2.45) is 0 Å². The van der Waals surface area contributed by atoms with Gasteiger partial charge in [0, 0.05) is 26.1 Å². The summed E-state index contributed by atoms with van der Waals surface area (Å²) in [5, 5.41) is 2.78. The maximum Gasteiger partial charge on any atom is 0.407 e. The van der Waals surface area contributed by atoms with Gasteiger partial charge in [0.15, 0.2) is 0 Å². The van der Waals surface area contributed by atoms with Crippen LogP contribution < -0.4 is 5.32 Å². The Hall–Kier alpha value is -1.26. The number of ether oxygens (including phenoxy) is 1. The van der Waals surface area contributed by atoms with E-state index >= 15 is 0 Å². The lowest BCUT2D eigenvalue weighted by atomic mass is 10.1. The Labute approximate surface area is 153 Å². The molecule has 2 amide bonds. The summed E-state index contributed by atoms with van der Waals surface area (Å²) < 4.78 is 5.19. The van der Waals surface area contributed by atoms with E-state index in [1.165, 1.54) is 38.5 Å². The Morgan fingerprint density at radius 1 is 1.00 bits per heavy atom. The minimum Gasteiger partial charge on any atom is -0.450 e. The van der Waals surface area contributed by atoms with Crippen LogP contribution in [0.3, 0.4) is 0 Å². The van der Waals surface area contributed by atoms with Crippen LogP contribution in [-0.4, -0.2) is 43.1 Å². The lowest BCUT2D eigenvalue weighted by Crippen LogP contribution is -2.34. The molecule has 146 valence electrons. The van der Waals surface area contributed by atoms with Gasteiger partial charge in [0.05, 0.1) is 6.61 Å². The van der Waals surface area contributed by atoms with Crippen molar-refractivity contribution in [2.75, 3.05) is 26.2 Å². The van der Waals surface area contributed by atoms with E-state index < -0.39 is 0 Å². The number of alkyl carbamates (subject to hydrolysis) is 1. The molecule has 0 atom stereocenters. The maximum atomic E-state index is 11.9. The number of nitrogens with zero attached hydrogens (tertiary/aromatic N) is 1. The van der Waals surface area contributed by atoms with Crippen LogP contribution in [0.2, 0.25) is 0 Å². The molecule has 0 radical (unpaired) electrons. The number of rotatable bonds is 13. The number of carbonyl (C=O) groups is 2. The molecule has 0 aromatic rings. The van der Waals surface area contributed by atoms with E-state index in [-0.39, 0.29) is 12.0 Å². The van der Waals surface area contributed by atoms with Gasteiger partial charge in [-0.3, -0.25) is 4.79 Å². The van der Waals surface area contributed by atoms with E-state index in [0.29, 0.717) is 19.6 Å². The second-order valence-corrected chi connectivity index (χ2v) is 7.08. The second kappa shape index (κ2) is 15.0. The van der Waals surface area contributed by atoms with Crippen molar-refractivity contribution in [1.82, 2.24) is 10.2 Å². The highest BCUT2D eigenvalue weighted by Crippen LogP contribution is 2.11. The van der Waals surface area contributed by atoms with E-state index in [4.69, 9.17) is 4.74 Å². The Kier molecular flexibility index (Phi) is 13.1. The molecule has 1 rings (SSSR count). The third-order valence-electron chi connectivity index (χ3n) is 4.78. The number of nitrogens with one attached hydrogen (secondary N) is 1. The molecule has 5 nitrogen and oxygen atoms in total. The van der Waals surface area contributed by atoms with Gasteiger partial charge in [-0.25, -0.2) is 4.79 Å². The minimum absolute atomic E-state index is 0.259. The summed E-state index contributed by atoms with van der Waals surface area (Å²) in [7, 11) is 0. The molecule has 1 fully saturated rings. The number of carbonyl (C=O) groups excluding carboxylic acids is 2. The molecule has 0 aliphatic carbocycles. The zero-order valence-electron chi connectivity index (χ0n) is 16.2. The van der Waals surface area contributed by atoms with Crippen LogP contribution in [0.4, 0.5) is 4.79 Å². The molecule has 0 aromatic carbocycles. The number of amides is 2. The quantitative estimate of drug-likeness (QED) is 0.490. The normalized spacial score (nSPS) is 15.1. The molecule has 0 aromatic heterocycles. The largest absolute Gasteiger partial charge is 0.450 e. The first-order chi connectivity index (χ1) is 12.2. The fraction of sp³-hybridized carbons (Fsp3) is 0.900. The Balaban J connectivity index is 1.89. The van der Waals surface area contributed by atoms with Gasteiger partial charge >= 0.3 is 6.09 Å². The summed E-state index contributed by atoms with van der Waals surface area (Å²) >= 11 is 0. The number of unbranched alkanes of at least 4 members (excludes halogenated alkanes) is 7. The lowest BCUT2D eigenvalue weighted by molar-refractivity contribution is -0.130. The molecule has 0 spiro atoms. The third-order valence-corrected chi connectivity index (χ3v) is 4.78. The summed E-state index contributed by atoms with van der Waals surface area (Å²) in [4.78, 5) is 25.4. The summed E-state index contributed by atoms with van der Waals surface area (Å²) in [5.74, 6) is 0.259. The topological polar surface area (TPSA) is 58.6 Å². The Morgan fingerprint density at radius 3 is 2.48 bits per heavy atom. The van der Waals surface area contributed by atoms with Gasteiger partial charge in [-0.1, -0.05) is 58.3 Å². The van der Waals surface area contributed by atoms with Crippen LogP contribution in [0.25, 0.3) is 0 Å². The highest BCUT2D eigenvalue weighted by molar-refractivity contribution is 5.76. The van der Waals surface area contributed by atoms with E-state index in [1.807, 2.05) is 4.90 Å². The van der Waals surface area contributed by atoms with E-state index in [1.54, 1.807) is 0 Å². The summed E-state index contributed by atoms with van der Waals surface area (Å²) in [6, 6.07) is 0. The molecule has 1 heterocycles. The van der Waals surface area contributed by atoms with Crippen molar-refractivity contribution >= 4 is 12.0 Å². The molecular weight excluding hydrogens is 316 g/mol. The van der Waals surface area contributed by atoms with Gasteiger partial charge in [-0.15, -0.1) is 0 Å². The lowest BCUT2D eigenvalue weighted by Gasteiger charge is -2.20. The van der Waals surface area contributed by atoms with Crippen molar-refractivity contribution in [3.63, 3.8) is 0 Å². The van der Waals surface area contributed by atoms with Crippen molar-refractivity contribution in [3.8, 4) is 0 Å². The molecule has 0 saturated carbocycles. The number of hydrogen-bond acceptors (Lipinski definition) is 3. The molecular formula is C20H38N2O3. The maximum absolute atomic E-state index is 11.9. The molecule has 0 unspecified atom stereocenters. The van der Waals surface area contributed by atoms with E-state index in [2.05, 4.69) is 12.2 Å². The monoisotopic (exact) mass is 354 g/mol. The second-order valence-electron chi connectivity index (χ2n) is 7.08. The summed E-state index contributed by atoms with van der Waals surface area (Å²) in [5.41, 5.74) is 0. The Bertz CT molecular complexity index is 361. The van der Waals surface area contributed by atoms with Crippen LogP contribution in [-0.2, 0) is 9.53 Å². The first-order valence-corrected chi connectivity index (χ1v) is 10.4. The van der Waals surface area contributed by atoms with Gasteiger partial charge in [0.25, 0.3) is 0 Å². The van der Waals surface area contributed by atoms with Gasteiger partial charge in [0.2, 0.25) is 5.91 Å². The first-order valence-electron chi connectivity index (χ1n) is 10.4. The smallest absolute Gasteiger partial charge is 0.407 e. The SMILES string of the molecule is CCCCCCCCCCOC(=O)NCCCN1CCCCCC1=O. The highest BCUT2D eigenvalue weighted by atomic mass is 16.5. The van der Waals surface area contributed by atoms with Gasteiger partial charge in [-0.2, -0.15) is 0 Å². The van der Waals surface area contributed by atoms with Crippen LogP contribution >= 0.6 is 0 Å². The number of hydrogen-bond donors (Lipinski definition) is 1. The summed E-state index contributed by atoms with van der Waals surface area (Å²) in [6.07, 6.45) is 14.3. The van der Waals surface area contributed by atoms with Crippen LogP contribution in [0.5, 0.6) is 0 Å². The van der Waals surface area contributed by atoms with Crippen molar-refractivity contribution in [3.05, 3.63) is 0 Å². The molecule has 0 bridgehead atoms. The fourth-order valence-electron chi connectivity index (χ4n) is 3.19. The Morgan fingerprint density at radius 2 is 1.72 bits per heavy atom. The molecule has 5 heteroatoms. The third kappa shape index (κ3) is 11.8.